The molecule has 5 nitrogen and oxygen atoms in total. The molecule has 7 heteroatoms. The number of imide groups is 1. The van der Waals surface area contributed by atoms with Crippen LogP contribution in [-0.2, 0) is 4.79 Å². The summed E-state index contributed by atoms with van der Waals surface area (Å²) in [6, 6.07) is 8.05. The Hall–Kier alpha value is -1.50. The Morgan fingerprint density at radius 1 is 1.33 bits per heavy atom. The number of carbonyl (C=O) groups is 2. The van der Waals surface area contributed by atoms with E-state index in [2.05, 4.69) is 10.2 Å². The number of halogens is 1. The van der Waals surface area contributed by atoms with Crippen LogP contribution in [0.15, 0.2) is 29.2 Å². The molecule has 2 amide bonds. The third-order valence-electron chi connectivity index (χ3n) is 3.43. The first-order chi connectivity index (χ1) is 9.63. The lowest BCUT2D eigenvalue weighted by atomic mass is 10.1. The Balaban J connectivity index is 0.00000161. The molecule has 21 heavy (non-hydrogen) atoms. The lowest BCUT2D eigenvalue weighted by Crippen LogP contribution is -2.26. The van der Waals surface area contributed by atoms with Gasteiger partial charge in [0.05, 0.1) is 4.91 Å². The summed E-state index contributed by atoms with van der Waals surface area (Å²) in [4.78, 5) is 25.5. The third-order valence-corrected chi connectivity index (χ3v) is 4.24. The summed E-state index contributed by atoms with van der Waals surface area (Å²) in [6.07, 6.45) is 2.74. The van der Waals surface area contributed by atoms with Crippen molar-refractivity contribution < 1.29 is 9.59 Å². The molecule has 1 unspecified atom stereocenters. The van der Waals surface area contributed by atoms with Gasteiger partial charge in [-0.1, -0.05) is 18.2 Å². The maximum absolute atomic E-state index is 11.6. The first kappa shape index (κ1) is 15.9. The topological polar surface area (TPSA) is 75.4 Å². The van der Waals surface area contributed by atoms with Crippen LogP contribution in [0.2, 0.25) is 0 Å². The van der Waals surface area contributed by atoms with E-state index in [0.717, 1.165) is 42.5 Å². The Labute approximate surface area is 133 Å². The first-order valence-corrected chi connectivity index (χ1v) is 7.29. The van der Waals surface area contributed by atoms with Gasteiger partial charge in [-0.2, -0.15) is 0 Å². The van der Waals surface area contributed by atoms with Crippen LogP contribution in [-0.4, -0.2) is 30.3 Å². The number of hydrogen-bond acceptors (Lipinski definition) is 5. The van der Waals surface area contributed by atoms with E-state index in [1.807, 2.05) is 24.3 Å². The van der Waals surface area contributed by atoms with Gasteiger partial charge in [-0.3, -0.25) is 14.9 Å². The summed E-state index contributed by atoms with van der Waals surface area (Å²) >= 11 is 0.939. The van der Waals surface area contributed by atoms with Gasteiger partial charge in [0.2, 0.25) is 0 Å². The minimum absolute atomic E-state index is 0. The van der Waals surface area contributed by atoms with Crippen LogP contribution in [0.5, 0.6) is 0 Å². The molecule has 2 heterocycles. The van der Waals surface area contributed by atoms with Crippen molar-refractivity contribution in [1.82, 2.24) is 5.32 Å². The maximum Gasteiger partial charge on any atom is 0.290 e. The number of thioether (sulfide) groups is 1. The zero-order chi connectivity index (χ0) is 14.1. The summed E-state index contributed by atoms with van der Waals surface area (Å²) < 4.78 is 0. The van der Waals surface area contributed by atoms with Crippen molar-refractivity contribution in [2.45, 2.75) is 12.5 Å². The van der Waals surface area contributed by atoms with Gasteiger partial charge in [-0.15, -0.1) is 12.4 Å². The highest BCUT2D eigenvalue weighted by Gasteiger charge is 2.26. The molecule has 2 saturated heterocycles. The molecular formula is C14H16ClN3O2S. The van der Waals surface area contributed by atoms with Gasteiger partial charge in [0.25, 0.3) is 11.1 Å². The quantitative estimate of drug-likeness (QED) is 0.813. The van der Waals surface area contributed by atoms with Crippen LogP contribution in [0.4, 0.5) is 10.5 Å². The van der Waals surface area contributed by atoms with E-state index in [9.17, 15) is 9.59 Å². The van der Waals surface area contributed by atoms with Gasteiger partial charge >= 0.3 is 0 Å². The number of nitrogens with zero attached hydrogens (tertiary/aromatic N) is 1. The van der Waals surface area contributed by atoms with Gasteiger partial charge in [0.15, 0.2) is 0 Å². The van der Waals surface area contributed by atoms with Crippen molar-refractivity contribution in [3.8, 4) is 0 Å². The van der Waals surface area contributed by atoms with E-state index < -0.39 is 0 Å². The highest BCUT2D eigenvalue weighted by molar-refractivity contribution is 8.18. The van der Waals surface area contributed by atoms with Crippen molar-refractivity contribution in [3.05, 3.63) is 34.7 Å². The molecule has 0 aliphatic carbocycles. The largest absolute Gasteiger partial charge is 0.369 e. The van der Waals surface area contributed by atoms with Crippen LogP contribution in [0.1, 0.15) is 12.0 Å². The van der Waals surface area contributed by atoms with Crippen molar-refractivity contribution >= 4 is 47.1 Å². The van der Waals surface area contributed by atoms with Crippen molar-refractivity contribution in [3.63, 3.8) is 0 Å². The summed E-state index contributed by atoms with van der Waals surface area (Å²) in [5, 5.41) is 1.95. The van der Waals surface area contributed by atoms with Gasteiger partial charge in [0.1, 0.15) is 0 Å². The fourth-order valence-corrected chi connectivity index (χ4v) is 3.14. The highest BCUT2D eigenvalue weighted by atomic mass is 35.5. The SMILES string of the molecule is Cl.NC1CCN(c2ccccc2/C=C2/SC(=O)NC2=O)C1. The van der Waals surface area contributed by atoms with Gasteiger partial charge in [-0.25, -0.2) is 0 Å². The summed E-state index contributed by atoms with van der Waals surface area (Å²) in [5.74, 6) is -0.326. The second-order valence-electron chi connectivity index (χ2n) is 4.91. The van der Waals surface area contributed by atoms with E-state index >= 15 is 0 Å². The van der Waals surface area contributed by atoms with E-state index in [4.69, 9.17) is 5.73 Å². The fraction of sp³-hybridized carbons (Fsp3) is 0.286. The van der Waals surface area contributed by atoms with Crippen LogP contribution in [0, 0.1) is 0 Å². The Morgan fingerprint density at radius 3 is 2.71 bits per heavy atom. The molecule has 112 valence electrons. The molecule has 0 spiro atoms. The van der Waals surface area contributed by atoms with Crippen molar-refractivity contribution in [1.29, 1.82) is 0 Å². The summed E-state index contributed by atoms with van der Waals surface area (Å²) in [6.45, 7) is 1.73. The second-order valence-corrected chi connectivity index (χ2v) is 5.92. The number of anilines is 1. The van der Waals surface area contributed by atoms with E-state index in [1.54, 1.807) is 6.08 Å². The number of nitrogens with two attached hydrogens (primary N) is 1. The lowest BCUT2D eigenvalue weighted by molar-refractivity contribution is -0.115. The number of para-hydroxylation sites is 1. The molecule has 2 aliphatic heterocycles. The number of nitrogens with one attached hydrogen (secondary N) is 1. The number of rotatable bonds is 2. The van der Waals surface area contributed by atoms with Gasteiger partial charge in [0, 0.05) is 24.8 Å². The van der Waals surface area contributed by atoms with Crippen LogP contribution in [0.3, 0.4) is 0 Å². The molecule has 2 fully saturated rings. The standard InChI is InChI=1S/C14H15N3O2S.ClH/c15-10-5-6-17(8-10)11-4-2-1-3-9(11)7-12-13(18)16-14(19)20-12;/h1-4,7,10H,5-6,8,15H2,(H,16,18,19);1H/b12-7+;. The normalized spacial score (nSPS) is 23.4. The average Bonchev–Trinajstić information content (AvgIpc) is 2.97. The number of carbonyl (C=O) groups excluding carboxylic acids is 2. The van der Waals surface area contributed by atoms with Crippen molar-refractivity contribution in [2.75, 3.05) is 18.0 Å². The lowest BCUT2D eigenvalue weighted by Gasteiger charge is -2.20. The molecule has 3 rings (SSSR count). The molecule has 2 aliphatic rings. The predicted octanol–water partition coefficient (Wildman–Crippen LogP) is 1.97. The second kappa shape index (κ2) is 6.51. The number of hydrogen-bond donors (Lipinski definition) is 2. The molecule has 3 N–H and O–H groups in total. The van der Waals surface area contributed by atoms with E-state index in [-0.39, 0.29) is 29.6 Å². The zero-order valence-corrected chi connectivity index (χ0v) is 12.9. The smallest absolute Gasteiger partial charge is 0.290 e. The Kier molecular flexibility index (Phi) is 4.92. The van der Waals surface area contributed by atoms with Gasteiger partial charge < -0.3 is 10.6 Å². The first-order valence-electron chi connectivity index (χ1n) is 6.48. The predicted molar refractivity (Wildman–Crippen MR) is 87.6 cm³/mol. The minimum atomic E-state index is -0.326. The Bertz CT molecular complexity index is 606. The molecule has 1 aromatic rings. The molecule has 0 aromatic heterocycles. The minimum Gasteiger partial charge on any atom is -0.369 e. The van der Waals surface area contributed by atoms with Crippen LogP contribution < -0.4 is 16.0 Å². The summed E-state index contributed by atoms with van der Waals surface area (Å²) in [7, 11) is 0. The monoisotopic (exact) mass is 325 g/mol. The molecule has 1 atom stereocenters. The molecule has 0 bridgehead atoms. The number of benzene rings is 1. The molecule has 0 saturated carbocycles. The number of amides is 2. The zero-order valence-electron chi connectivity index (χ0n) is 11.2. The average molecular weight is 326 g/mol. The summed E-state index contributed by atoms with van der Waals surface area (Å²) in [5.41, 5.74) is 7.94. The molecule has 0 radical (unpaired) electrons. The molecule has 1 aromatic carbocycles. The highest BCUT2D eigenvalue weighted by Crippen LogP contribution is 2.30. The van der Waals surface area contributed by atoms with Crippen LogP contribution >= 0.6 is 24.2 Å². The molecular weight excluding hydrogens is 310 g/mol. The Morgan fingerprint density at radius 2 is 2.10 bits per heavy atom. The third kappa shape index (κ3) is 3.40. The van der Waals surface area contributed by atoms with Gasteiger partial charge in [-0.05, 0) is 35.9 Å². The van der Waals surface area contributed by atoms with Crippen LogP contribution in [0.25, 0.3) is 6.08 Å². The van der Waals surface area contributed by atoms with E-state index in [1.165, 1.54) is 0 Å². The van der Waals surface area contributed by atoms with E-state index in [0.29, 0.717) is 4.91 Å². The maximum atomic E-state index is 11.6. The fourth-order valence-electron chi connectivity index (χ4n) is 2.47. The van der Waals surface area contributed by atoms with Crippen molar-refractivity contribution in [2.24, 2.45) is 5.73 Å².